The number of nitrogens with one attached hydrogen (secondary N) is 2. The summed E-state index contributed by atoms with van der Waals surface area (Å²) in [7, 11) is 0. The van der Waals surface area contributed by atoms with Gasteiger partial charge >= 0.3 is 0 Å². The Hall–Kier alpha value is -3.02. The van der Waals surface area contributed by atoms with Crippen molar-refractivity contribution in [3.8, 4) is 0 Å². The summed E-state index contributed by atoms with van der Waals surface area (Å²) < 4.78 is 0. The van der Waals surface area contributed by atoms with Crippen LogP contribution >= 0.6 is 0 Å². The molecule has 6 heteroatoms. The van der Waals surface area contributed by atoms with Gasteiger partial charge in [-0.2, -0.15) is 0 Å². The van der Waals surface area contributed by atoms with E-state index in [2.05, 4.69) is 25.6 Å². The SMILES string of the molecule is Cc1nc(NC(C)C)cc(C(=O)Nc2cccc3cccnc23)n1. The summed E-state index contributed by atoms with van der Waals surface area (Å²) in [6.07, 6.45) is 1.71. The summed E-state index contributed by atoms with van der Waals surface area (Å²) in [6, 6.07) is 11.4. The van der Waals surface area contributed by atoms with Crippen molar-refractivity contribution in [3.05, 3.63) is 54.1 Å². The van der Waals surface area contributed by atoms with E-state index in [4.69, 9.17) is 0 Å². The molecule has 2 heterocycles. The molecule has 122 valence electrons. The second-order valence-electron chi connectivity index (χ2n) is 5.82. The molecule has 0 unspecified atom stereocenters. The van der Waals surface area contributed by atoms with Crippen molar-refractivity contribution in [2.45, 2.75) is 26.8 Å². The average Bonchev–Trinajstić information content (AvgIpc) is 2.54. The molecule has 0 atom stereocenters. The first kappa shape index (κ1) is 15.9. The van der Waals surface area contributed by atoms with Crippen LogP contribution in [0, 0.1) is 6.92 Å². The minimum absolute atomic E-state index is 0.220. The fraction of sp³-hybridized carbons (Fsp3) is 0.222. The molecular weight excluding hydrogens is 302 g/mol. The number of para-hydroxylation sites is 1. The van der Waals surface area contributed by atoms with Crippen LogP contribution in [-0.4, -0.2) is 26.9 Å². The molecule has 3 aromatic rings. The molecule has 0 saturated heterocycles. The lowest BCUT2D eigenvalue weighted by Gasteiger charge is -2.12. The maximum atomic E-state index is 12.6. The highest BCUT2D eigenvalue weighted by Crippen LogP contribution is 2.21. The molecule has 0 aliphatic heterocycles. The number of pyridine rings is 1. The van der Waals surface area contributed by atoms with Gasteiger partial charge in [0.15, 0.2) is 0 Å². The molecule has 0 aliphatic rings. The predicted octanol–water partition coefficient (Wildman–Crippen LogP) is 3.41. The van der Waals surface area contributed by atoms with Crippen LogP contribution in [0.25, 0.3) is 10.9 Å². The van der Waals surface area contributed by atoms with Gasteiger partial charge in [-0.1, -0.05) is 18.2 Å². The zero-order valence-corrected chi connectivity index (χ0v) is 13.9. The van der Waals surface area contributed by atoms with E-state index in [-0.39, 0.29) is 11.9 Å². The van der Waals surface area contributed by atoms with Crippen molar-refractivity contribution in [2.75, 3.05) is 10.6 Å². The van der Waals surface area contributed by atoms with E-state index < -0.39 is 0 Å². The molecule has 1 amide bonds. The minimum Gasteiger partial charge on any atom is -0.368 e. The van der Waals surface area contributed by atoms with Gasteiger partial charge in [0.2, 0.25) is 0 Å². The van der Waals surface area contributed by atoms with Gasteiger partial charge in [0.25, 0.3) is 5.91 Å². The van der Waals surface area contributed by atoms with E-state index >= 15 is 0 Å². The van der Waals surface area contributed by atoms with Gasteiger partial charge in [0, 0.05) is 23.7 Å². The number of rotatable bonds is 4. The Balaban J connectivity index is 1.90. The number of hydrogen-bond acceptors (Lipinski definition) is 5. The van der Waals surface area contributed by atoms with E-state index in [0.29, 0.717) is 23.0 Å². The van der Waals surface area contributed by atoms with Crippen LogP contribution in [0.1, 0.15) is 30.2 Å². The van der Waals surface area contributed by atoms with Gasteiger partial charge < -0.3 is 10.6 Å². The first-order valence-electron chi connectivity index (χ1n) is 7.80. The highest BCUT2D eigenvalue weighted by molar-refractivity contribution is 6.07. The van der Waals surface area contributed by atoms with Crippen molar-refractivity contribution in [1.82, 2.24) is 15.0 Å². The monoisotopic (exact) mass is 321 g/mol. The number of aryl methyl sites for hydroxylation is 1. The number of anilines is 2. The third-order valence-corrected chi connectivity index (χ3v) is 3.39. The smallest absolute Gasteiger partial charge is 0.274 e. The lowest BCUT2D eigenvalue weighted by Crippen LogP contribution is -2.17. The van der Waals surface area contributed by atoms with Crippen molar-refractivity contribution in [2.24, 2.45) is 0 Å². The van der Waals surface area contributed by atoms with Gasteiger partial charge in [-0.3, -0.25) is 9.78 Å². The van der Waals surface area contributed by atoms with E-state index in [1.54, 1.807) is 19.2 Å². The van der Waals surface area contributed by atoms with Gasteiger partial charge in [-0.15, -0.1) is 0 Å². The lowest BCUT2D eigenvalue weighted by molar-refractivity contribution is 0.102. The summed E-state index contributed by atoms with van der Waals surface area (Å²) in [5.41, 5.74) is 1.73. The summed E-state index contributed by atoms with van der Waals surface area (Å²) in [5, 5.41) is 7.05. The molecule has 0 bridgehead atoms. The topological polar surface area (TPSA) is 79.8 Å². The molecule has 0 radical (unpaired) electrons. The summed E-state index contributed by atoms with van der Waals surface area (Å²) >= 11 is 0. The molecule has 0 fully saturated rings. The maximum absolute atomic E-state index is 12.6. The minimum atomic E-state index is -0.287. The highest BCUT2D eigenvalue weighted by Gasteiger charge is 2.13. The predicted molar refractivity (Wildman–Crippen MR) is 95.2 cm³/mol. The fourth-order valence-electron chi connectivity index (χ4n) is 2.45. The van der Waals surface area contributed by atoms with E-state index in [1.165, 1.54) is 0 Å². The van der Waals surface area contributed by atoms with Gasteiger partial charge in [0.05, 0.1) is 11.2 Å². The first-order chi connectivity index (χ1) is 11.5. The number of fused-ring (bicyclic) bond motifs is 1. The summed E-state index contributed by atoms with van der Waals surface area (Å²) in [4.78, 5) is 25.5. The number of nitrogens with zero attached hydrogens (tertiary/aromatic N) is 3. The lowest BCUT2D eigenvalue weighted by atomic mass is 10.2. The number of hydrogen-bond donors (Lipinski definition) is 2. The Bertz CT molecular complexity index is 886. The second kappa shape index (κ2) is 6.62. The number of carbonyl (C=O) groups excluding carboxylic acids is 1. The Morgan fingerprint density at radius 1 is 1.12 bits per heavy atom. The third-order valence-electron chi connectivity index (χ3n) is 3.39. The molecule has 0 aliphatic carbocycles. The van der Waals surface area contributed by atoms with Crippen LogP contribution in [0.3, 0.4) is 0 Å². The van der Waals surface area contributed by atoms with Crippen molar-refractivity contribution in [1.29, 1.82) is 0 Å². The Kier molecular flexibility index (Phi) is 4.37. The molecule has 24 heavy (non-hydrogen) atoms. The number of carbonyl (C=O) groups is 1. The van der Waals surface area contributed by atoms with Gasteiger partial charge in [0.1, 0.15) is 17.3 Å². The zero-order chi connectivity index (χ0) is 17.1. The molecule has 0 spiro atoms. The Labute approximate surface area is 140 Å². The zero-order valence-electron chi connectivity index (χ0n) is 13.9. The maximum Gasteiger partial charge on any atom is 0.274 e. The van der Waals surface area contributed by atoms with Crippen LogP contribution in [-0.2, 0) is 0 Å². The van der Waals surface area contributed by atoms with E-state index in [0.717, 1.165) is 10.9 Å². The summed E-state index contributed by atoms with van der Waals surface area (Å²) in [5.74, 6) is 0.894. The van der Waals surface area contributed by atoms with Gasteiger partial charge in [-0.25, -0.2) is 9.97 Å². The highest BCUT2D eigenvalue weighted by atomic mass is 16.1. The van der Waals surface area contributed by atoms with Crippen molar-refractivity contribution < 1.29 is 4.79 Å². The molecule has 2 N–H and O–H groups in total. The average molecular weight is 321 g/mol. The first-order valence-corrected chi connectivity index (χ1v) is 7.80. The van der Waals surface area contributed by atoms with Crippen LogP contribution in [0.2, 0.25) is 0 Å². The number of benzene rings is 1. The second-order valence-corrected chi connectivity index (χ2v) is 5.82. The van der Waals surface area contributed by atoms with Crippen molar-refractivity contribution in [3.63, 3.8) is 0 Å². The normalized spacial score (nSPS) is 10.8. The van der Waals surface area contributed by atoms with Crippen molar-refractivity contribution >= 4 is 28.3 Å². The van der Waals surface area contributed by atoms with E-state index in [9.17, 15) is 4.79 Å². The van der Waals surface area contributed by atoms with Crippen LogP contribution in [0.15, 0.2) is 42.6 Å². The fourth-order valence-corrected chi connectivity index (χ4v) is 2.45. The van der Waals surface area contributed by atoms with Gasteiger partial charge in [-0.05, 0) is 32.9 Å². The quantitative estimate of drug-likeness (QED) is 0.770. The Morgan fingerprint density at radius 2 is 1.92 bits per heavy atom. The van der Waals surface area contributed by atoms with Crippen LogP contribution in [0.5, 0.6) is 0 Å². The molecule has 3 rings (SSSR count). The third kappa shape index (κ3) is 3.48. The Morgan fingerprint density at radius 3 is 2.71 bits per heavy atom. The molecule has 0 saturated carbocycles. The van der Waals surface area contributed by atoms with E-state index in [1.807, 2.05) is 44.2 Å². The molecule has 6 nitrogen and oxygen atoms in total. The van der Waals surface area contributed by atoms with Crippen LogP contribution < -0.4 is 10.6 Å². The largest absolute Gasteiger partial charge is 0.368 e. The standard InChI is InChI=1S/C18H19N5O/c1-11(2)20-16-10-15(21-12(3)22-16)18(24)23-14-8-4-6-13-7-5-9-19-17(13)14/h4-11H,1-3H3,(H,23,24)(H,20,21,22). The molecular formula is C18H19N5O. The summed E-state index contributed by atoms with van der Waals surface area (Å²) in [6.45, 7) is 5.79. The molecule has 1 aromatic carbocycles. The number of amides is 1. The molecule has 2 aromatic heterocycles. The van der Waals surface area contributed by atoms with Crippen LogP contribution in [0.4, 0.5) is 11.5 Å². The number of aromatic nitrogens is 3.